The molecule has 1 aromatic heterocycles. The van der Waals surface area contributed by atoms with E-state index in [9.17, 15) is 5.11 Å². The Balaban J connectivity index is 1.82. The van der Waals surface area contributed by atoms with Crippen molar-refractivity contribution in [3.8, 4) is 0 Å². The summed E-state index contributed by atoms with van der Waals surface area (Å²) in [4.78, 5) is 6.79. The average Bonchev–Trinajstić information content (AvgIpc) is 2.41. The Kier molecular flexibility index (Phi) is 4.96. The molecule has 0 amide bonds. The van der Waals surface area contributed by atoms with Crippen LogP contribution in [0.15, 0.2) is 18.3 Å². The SMILES string of the molecule is CCCNc1ccc(CN2CCC(O)CC2)cn1. The van der Waals surface area contributed by atoms with Crippen LogP contribution in [0.2, 0.25) is 0 Å². The summed E-state index contributed by atoms with van der Waals surface area (Å²) >= 11 is 0. The second-order valence-electron chi connectivity index (χ2n) is 4.99. The van der Waals surface area contributed by atoms with E-state index >= 15 is 0 Å². The number of nitrogens with one attached hydrogen (secondary N) is 1. The van der Waals surface area contributed by atoms with Gasteiger partial charge in [-0.1, -0.05) is 13.0 Å². The molecule has 0 aliphatic carbocycles. The zero-order valence-corrected chi connectivity index (χ0v) is 11.1. The molecule has 2 heterocycles. The lowest BCUT2D eigenvalue weighted by atomic mass is 10.1. The van der Waals surface area contributed by atoms with Crippen LogP contribution in [0.5, 0.6) is 0 Å². The van der Waals surface area contributed by atoms with E-state index in [1.54, 1.807) is 0 Å². The molecule has 1 saturated heterocycles. The molecule has 1 aromatic rings. The first kappa shape index (κ1) is 13.3. The van der Waals surface area contributed by atoms with Gasteiger partial charge in [-0.25, -0.2) is 4.98 Å². The molecule has 4 heteroatoms. The van der Waals surface area contributed by atoms with Gasteiger partial charge >= 0.3 is 0 Å². The molecule has 2 N–H and O–H groups in total. The number of rotatable bonds is 5. The standard InChI is InChI=1S/C14H23N3O/c1-2-7-15-14-4-3-12(10-16-14)11-17-8-5-13(18)6-9-17/h3-4,10,13,18H,2,5-9,11H2,1H3,(H,15,16). The number of aliphatic hydroxyl groups excluding tert-OH is 1. The summed E-state index contributed by atoms with van der Waals surface area (Å²) in [5.41, 5.74) is 1.24. The Hall–Kier alpha value is -1.13. The molecular weight excluding hydrogens is 226 g/mol. The Morgan fingerprint density at radius 1 is 1.39 bits per heavy atom. The molecule has 2 rings (SSSR count). The van der Waals surface area contributed by atoms with Crippen molar-refractivity contribution in [1.29, 1.82) is 0 Å². The highest BCUT2D eigenvalue weighted by molar-refractivity contribution is 5.35. The smallest absolute Gasteiger partial charge is 0.125 e. The lowest BCUT2D eigenvalue weighted by Gasteiger charge is -2.29. The van der Waals surface area contributed by atoms with Crippen LogP contribution in [-0.4, -0.2) is 40.7 Å². The molecule has 100 valence electrons. The maximum absolute atomic E-state index is 9.46. The van der Waals surface area contributed by atoms with Crippen LogP contribution in [0.1, 0.15) is 31.7 Å². The van der Waals surface area contributed by atoms with Crippen molar-refractivity contribution < 1.29 is 5.11 Å². The number of aromatic nitrogens is 1. The van der Waals surface area contributed by atoms with Gasteiger partial charge in [-0.2, -0.15) is 0 Å². The molecule has 1 fully saturated rings. The Labute approximate surface area is 109 Å². The van der Waals surface area contributed by atoms with Crippen molar-refractivity contribution in [2.75, 3.05) is 25.0 Å². The molecule has 0 atom stereocenters. The van der Waals surface area contributed by atoms with Crippen LogP contribution in [-0.2, 0) is 6.54 Å². The fraction of sp³-hybridized carbons (Fsp3) is 0.643. The maximum atomic E-state index is 9.46. The van der Waals surface area contributed by atoms with E-state index in [2.05, 4.69) is 28.2 Å². The zero-order chi connectivity index (χ0) is 12.8. The number of aliphatic hydroxyl groups is 1. The van der Waals surface area contributed by atoms with E-state index < -0.39 is 0 Å². The minimum Gasteiger partial charge on any atom is -0.393 e. The molecule has 18 heavy (non-hydrogen) atoms. The fourth-order valence-corrected chi connectivity index (χ4v) is 2.21. The number of hydrogen-bond donors (Lipinski definition) is 2. The van der Waals surface area contributed by atoms with Crippen molar-refractivity contribution in [2.24, 2.45) is 0 Å². The van der Waals surface area contributed by atoms with E-state index in [1.165, 1.54) is 5.56 Å². The van der Waals surface area contributed by atoms with Gasteiger partial charge in [0, 0.05) is 32.4 Å². The third-order valence-corrected chi connectivity index (χ3v) is 3.34. The monoisotopic (exact) mass is 249 g/mol. The van der Waals surface area contributed by atoms with E-state index in [0.29, 0.717) is 0 Å². The molecule has 0 unspecified atom stereocenters. The minimum absolute atomic E-state index is 0.0972. The van der Waals surface area contributed by atoms with E-state index in [4.69, 9.17) is 0 Å². The number of likely N-dealkylation sites (tertiary alicyclic amines) is 1. The molecule has 0 spiro atoms. The highest BCUT2D eigenvalue weighted by Gasteiger charge is 2.16. The van der Waals surface area contributed by atoms with Crippen LogP contribution in [0.4, 0.5) is 5.82 Å². The average molecular weight is 249 g/mol. The second kappa shape index (κ2) is 6.71. The molecular formula is C14H23N3O. The zero-order valence-electron chi connectivity index (χ0n) is 11.1. The van der Waals surface area contributed by atoms with Crippen LogP contribution in [0.3, 0.4) is 0 Å². The van der Waals surface area contributed by atoms with Gasteiger partial charge in [-0.15, -0.1) is 0 Å². The van der Waals surface area contributed by atoms with E-state index in [1.807, 2.05) is 12.3 Å². The van der Waals surface area contributed by atoms with Gasteiger partial charge in [0.1, 0.15) is 5.82 Å². The van der Waals surface area contributed by atoms with Gasteiger partial charge in [-0.3, -0.25) is 4.90 Å². The van der Waals surface area contributed by atoms with Gasteiger partial charge in [-0.05, 0) is 30.9 Å². The molecule has 1 aliphatic heterocycles. The number of piperidine rings is 1. The molecule has 0 radical (unpaired) electrons. The molecule has 0 aromatic carbocycles. The fourth-order valence-electron chi connectivity index (χ4n) is 2.21. The van der Waals surface area contributed by atoms with Crippen LogP contribution >= 0.6 is 0 Å². The van der Waals surface area contributed by atoms with Crippen LogP contribution in [0.25, 0.3) is 0 Å². The first-order chi connectivity index (χ1) is 8.78. The summed E-state index contributed by atoms with van der Waals surface area (Å²) in [7, 11) is 0. The molecule has 0 saturated carbocycles. The topological polar surface area (TPSA) is 48.4 Å². The van der Waals surface area contributed by atoms with Gasteiger partial charge < -0.3 is 10.4 Å². The Morgan fingerprint density at radius 2 is 2.17 bits per heavy atom. The highest BCUT2D eigenvalue weighted by Crippen LogP contribution is 2.14. The lowest BCUT2D eigenvalue weighted by Crippen LogP contribution is -2.35. The Bertz CT molecular complexity index is 345. The highest BCUT2D eigenvalue weighted by atomic mass is 16.3. The Morgan fingerprint density at radius 3 is 2.78 bits per heavy atom. The first-order valence-corrected chi connectivity index (χ1v) is 6.87. The van der Waals surface area contributed by atoms with Crippen molar-refractivity contribution in [1.82, 2.24) is 9.88 Å². The third kappa shape index (κ3) is 3.96. The predicted octanol–water partition coefficient (Wildman–Crippen LogP) is 1.86. The molecule has 0 bridgehead atoms. The second-order valence-corrected chi connectivity index (χ2v) is 4.99. The van der Waals surface area contributed by atoms with Gasteiger partial charge in [0.25, 0.3) is 0 Å². The van der Waals surface area contributed by atoms with E-state index in [-0.39, 0.29) is 6.10 Å². The van der Waals surface area contributed by atoms with Crippen molar-refractivity contribution in [3.63, 3.8) is 0 Å². The summed E-state index contributed by atoms with van der Waals surface area (Å²) < 4.78 is 0. The van der Waals surface area contributed by atoms with E-state index in [0.717, 1.165) is 51.3 Å². The molecule has 4 nitrogen and oxygen atoms in total. The summed E-state index contributed by atoms with van der Waals surface area (Å²) in [6.07, 6.45) is 4.75. The molecule has 1 aliphatic rings. The summed E-state index contributed by atoms with van der Waals surface area (Å²) in [6.45, 7) is 6.02. The van der Waals surface area contributed by atoms with Gasteiger partial charge in [0.2, 0.25) is 0 Å². The third-order valence-electron chi connectivity index (χ3n) is 3.34. The largest absolute Gasteiger partial charge is 0.393 e. The minimum atomic E-state index is -0.0972. The number of anilines is 1. The van der Waals surface area contributed by atoms with Crippen molar-refractivity contribution in [3.05, 3.63) is 23.9 Å². The number of nitrogens with zero attached hydrogens (tertiary/aromatic N) is 2. The van der Waals surface area contributed by atoms with Gasteiger partial charge in [0.15, 0.2) is 0 Å². The summed E-state index contributed by atoms with van der Waals surface area (Å²) in [5.74, 6) is 0.953. The lowest BCUT2D eigenvalue weighted by molar-refractivity contribution is 0.0792. The van der Waals surface area contributed by atoms with Crippen molar-refractivity contribution in [2.45, 2.75) is 38.8 Å². The predicted molar refractivity (Wildman–Crippen MR) is 73.5 cm³/mol. The quantitative estimate of drug-likeness (QED) is 0.836. The van der Waals surface area contributed by atoms with Gasteiger partial charge in [0.05, 0.1) is 6.10 Å². The first-order valence-electron chi connectivity index (χ1n) is 6.87. The number of hydrogen-bond acceptors (Lipinski definition) is 4. The normalized spacial score (nSPS) is 17.9. The van der Waals surface area contributed by atoms with Crippen molar-refractivity contribution >= 4 is 5.82 Å². The number of pyridine rings is 1. The summed E-state index contributed by atoms with van der Waals surface area (Å²) in [5, 5.41) is 12.7. The van der Waals surface area contributed by atoms with Crippen LogP contribution < -0.4 is 5.32 Å². The van der Waals surface area contributed by atoms with Crippen LogP contribution in [0, 0.1) is 0 Å². The maximum Gasteiger partial charge on any atom is 0.125 e. The summed E-state index contributed by atoms with van der Waals surface area (Å²) in [6, 6.07) is 4.18.